The van der Waals surface area contributed by atoms with Crippen molar-refractivity contribution in [3.05, 3.63) is 95.7 Å². The molecule has 5 aromatic carbocycles. The minimum absolute atomic E-state index is 0. The number of hydrogen-bond acceptors (Lipinski definition) is 8. The molecule has 0 amide bonds. The molecule has 0 heterocycles. The van der Waals surface area contributed by atoms with E-state index in [0.29, 0.717) is 16.8 Å². The van der Waals surface area contributed by atoms with E-state index in [9.17, 15) is 18.6 Å². The van der Waals surface area contributed by atoms with Crippen LogP contribution >= 0.6 is 0 Å². The molecule has 0 fully saturated rings. The van der Waals surface area contributed by atoms with Gasteiger partial charge in [0.2, 0.25) is 0 Å². The van der Waals surface area contributed by atoms with E-state index < -0.39 is 10.0 Å². The minimum atomic E-state index is -3.63. The summed E-state index contributed by atoms with van der Waals surface area (Å²) in [5.74, 6) is -0.111. The first-order valence-corrected chi connectivity index (χ1v) is 13.0. The fraction of sp³-hybridized carbons (Fsp3) is 0.0370. The Kier molecular flexibility index (Phi) is 7.72. The van der Waals surface area contributed by atoms with Crippen LogP contribution in [-0.2, 0) is 27.1 Å². The molecule has 5 aromatic rings. The summed E-state index contributed by atoms with van der Waals surface area (Å²) in [6.45, 7) is 0. The maximum absolute atomic E-state index is 11.6. The van der Waals surface area contributed by atoms with Gasteiger partial charge in [-0.1, -0.05) is 60.7 Å². The van der Waals surface area contributed by atoms with Crippen LogP contribution in [0.4, 0.5) is 28.4 Å². The molecule has 0 unspecified atom stereocenters. The average Bonchev–Trinajstić information content (AvgIpc) is 2.88. The largest absolute Gasteiger partial charge is 1.00 e. The molecule has 0 aliphatic rings. The third-order valence-corrected chi connectivity index (χ3v) is 6.04. The first-order chi connectivity index (χ1) is 17.8. The summed E-state index contributed by atoms with van der Waals surface area (Å²) in [6, 6.07) is 25.9. The molecule has 0 aromatic heterocycles. The van der Waals surface area contributed by atoms with Gasteiger partial charge in [0.25, 0.3) is 0 Å². The Morgan fingerprint density at radius 1 is 0.684 bits per heavy atom. The van der Waals surface area contributed by atoms with Gasteiger partial charge in [0.1, 0.15) is 17.1 Å². The van der Waals surface area contributed by atoms with E-state index >= 15 is 0 Å². The molecule has 9 nitrogen and oxygen atoms in total. The molecule has 194 valence electrons. The van der Waals surface area contributed by atoms with Gasteiger partial charge in [-0.05, 0) is 41.1 Å². The Labute approximate surface area is 229 Å². The van der Waals surface area contributed by atoms with E-state index in [1.807, 2.05) is 30.3 Å². The Hall–Kier alpha value is -4.31. The molecule has 0 radical (unpaired) electrons. The van der Waals surface area contributed by atoms with Gasteiger partial charge in [-0.15, -0.1) is 15.9 Å². The second-order valence-electron chi connectivity index (χ2n) is 8.21. The summed E-state index contributed by atoms with van der Waals surface area (Å²) < 4.78 is 26.8. The molecular formula is C27H20CuN5O4S. The van der Waals surface area contributed by atoms with Gasteiger partial charge in [-0.3, -0.25) is 0 Å². The summed E-state index contributed by atoms with van der Waals surface area (Å²) >= 11 is 0. The molecule has 0 saturated heterocycles. The van der Waals surface area contributed by atoms with Gasteiger partial charge < -0.3 is 14.9 Å². The standard InChI is InChI=1S/C27H20N5O4S.Cu/c1-37(35,36)32-23-9-5-4-8-22(23)29-30-24-14-11-18-10-13-19(16-21(18)27(24)34)28-31-26-20-7-3-2-6-17(20)12-15-25(26)33;/h2-16H,1H3,(H2-,28,29,30,31,32,33,34);/q-1;+1. The molecule has 0 saturated carbocycles. The quantitative estimate of drug-likeness (QED) is 0.156. The van der Waals surface area contributed by atoms with Crippen molar-refractivity contribution in [1.82, 2.24) is 0 Å². The molecule has 0 atom stereocenters. The van der Waals surface area contributed by atoms with Gasteiger partial charge >= 0.3 is 17.1 Å². The van der Waals surface area contributed by atoms with Crippen molar-refractivity contribution in [3.8, 4) is 11.5 Å². The van der Waals surface area contributed by atoms with Gasteiger partial charge in [0.05, 0.1) is 21.4 Å². The number of benzene rings is 5. The number of rotatable bonds is 6. The summed E-state index contributed by atoms with van der Waals surface area (Å²) in [4.78, 5) is 0. The first-order valence-electron chi connectivity index (χ1n) is 11.1. The predicted octanol–water partition coefficient (Wildman–Crippen LogP) is 8.20. The van der Waals surface area contributed by atoms with Crippen molar-refractivity contribution in [3.63, 3.8) is 0 Å². The van der Waals surface area contributed by atoms with Crippen molar-refractivity contribution in [2.24, 2.45) is 20.5 Å². The zero-order valence-electron chi connectivity index (χ0n) is 19.8. The maximum Gasteiger partial charge on any atom is 1.00 e. The third kappa shape index (κ3) is 5.81. The average molecular weight is 574 g/mol. The van der Waals surface area contributed by atoms with Crippen LogP contribution in [0.2, 0.25) is 0 Å². The Morgan fingerprint density at radius 3 is 2.16 bits per heavy atom. The molecule has 11 heteroatoms. The zero-order chi connectivity index (χ0) is 26.0. The SMILES string of the molecule is CS(=O)(=O)[N-]c1ccccc1N=Nc1ccc2ccc(N=Nc3c(O)ccc4ccccc34)cc2c1O.[Cu+]. The molecule has 0 aliphatic heterocycles. The molecule has 2 N–H and O–H groups in total. The van der Waals surface area contributed by atoms with Gasteiger partial charge in [-0.2, -0.15) is 10.2 Å². The summed E-state index contributed by atoms with van der Waals surface area (Å²) in [6.07, 6.45) is 0.993. The summed E-state index contributed by atoms with van der Waals surface area (Å²) in [7, 11) is -3.63. The molecule has 0 aliphatic carbocycles. The Balaban J connectivity index is 0.00000336. The minimum Gasteiger partial charge on any atom is -0.575 e. The summed E-state index contributed by atoms with van der Waals surface area (Å²) in [5.41, 5.74) is 1.38. The number of azo groups is 2. The number of hydrogen-bond donors (Lipinski definition) is 2. The monoisotopic (exact) mass is 573 g/mol. The number of phenols is 2. The number of aromatic hydroxyl groups is 2. The van der Waals surface area contributed by atoms with Crippen LogP contribution in [0.15, 0.2) is 111 Å². The van der Waals surface area contributed by atoms with Crippen LogP contribution < -0.4 is 0 Å². The normalized spacial score (nSPS) is 11.8. The maximum atomic E-state index is 11.6. The zero-order valence-corrected chi connectivity index (χ0v) is 21.6. The van der Waals surface area contributed by atoms with Gasteiger partial charge in [0.15, 0.2) is 5.75 Å². The molecule has 38 heavy (non-hydrogen) atoms. The number of phenolic OH excluding ortho intramolecular Hbond substituents is 2. The van der Waals surface area contributed by atoms with Crippen molar-refractivity contribution >= 4 is 60.0 Å². The second kappa shape index (κ2) is 11.0. The van der Waals surface area contributed by atoms with E-state index in [1.165, 1.54) is 6.07 Å². The fourth-order valence-electron chi connectivity index (χ4n) is 3.79. The van der Waals surface area contributed by atoms with E-state index in [1.54, 1.807) is 54.6 Å². The van der Waals surface area contributed by atoms with Crippen LogP contribution in [-0.4, -0.2) is 24.9 Å². The van der Waals surface area contributed by atoms with Gasteiger partial charge in [0, 0.05) is 17.0 Å². The molecular weight excluding hydrogens is 554 g/mol. The van der Waals surface area contributed by atoms with Crippen LogP contribution in [0.1, 0.15) is 0 Å². The van der Waals surface area contributed by atoms with E-state index in [0.717, 1.165) is 22.4 Å². The Bertz CT molecular complexity index is 1820. The van der Waals surface area contributed by atoms with E-state index in [-0.39, 0.29) is 45.6 Å². The first kappa shape index (κ1) is 26.7. The third-order valence-electron chi connectivity index (χ3n) is 5.51. The van der Waals surface area contributed by atoms with Crippen LogP contribution in [0.3, 0.4) is 0 Å². The van der Waals surface area contributed by atoms with Crippen molar-refractivity contribution < 1.29 is 35.7 Å². The molecule has 0 spiro atoms. The fourth-order valence-corrected chi connectivity index (χ4v) is 4.30. The number of fused-ring (bicyclic) bond motifs is 2. The van der Waals surface area contributed by atoms with E-state index in [4.69, 9.17) is 0 Å². The van der Waals surface area contributed by atoms with Crippen molar-refractivity contribution in [1.29, 1.82) is 0 Å². The second-order valence-corrected chi connectivity index (χ2v) is 9.85. The number of sulfonamides is 1. The predicted molar refractivity (Wildman–Crippen MR) is 144 cm³/mol. The van der Waals surface area contributed by atoms with E-state index in [2.05, 4.69) is 25.2 Å². The topological polar surface area (TPSA) is 138 Å². The van der Waals surface area contributed by atoms with Crippen LogP contribution in [0, 0.1) is 0 Å². The van der Waals surface area contributed by atoms with Gasteiger partial charge in [-0.25, -0.2) is 8.42 Å². The van der Waals surface area contributed by atoms with Crippen LogP contribution in [0.25, 0.3) is 26.3 Å². The van der Waals surface area contributed by atoms with Crippen molar-refractivity contribution in [2.45, 2.75) is 0 Å². The smallest absolute Gasteiger partial charge is 0.575 e. The van der Waals surface area contributed by atoms with Crippen LogP contribution in [0.5, 0.6) is 11.5 Å². The summed E-state index contributed by atoms with van der Waals surface area (Å²) in [5, 5.41) is 40.9. The molecule has 5 rings (SSSR count). The Morgan fingerprint density at radius 2 is 1.34 bits per heavy atom. The molecule has 0 bridgehead atoms. The van der Waals surface area contributed by atoms with Crippen molar-refractivity contribution in [2.75, 3.05) is 6.26 Å². The number of nitrogens with zero attached hydrogens (tertiary/aromatic N) is 5.